The van der Waals surface area contributed by atoms with Gasteiger partial charge in [-0.05, 0) is 17.7 Å². The standard InChI is InChI=1S/C12H10ClN2/c13-15(12-8-4-5-9-14-12)10-11-6-2-1-3-7-11/h1-10H. The molecular formula is C12H10ClN2. The van der Waals surface area contributed by atoms with Crippen LogP contribution in [0.15, 0.2) is 54.7 Å². The van der Waals surface area contributed by atoms with Crippen molar-refractivity contribution in [3.05, 3.63) is 66.8 Å². The van der Waals surface area contributed by atoms with E-state index in [0.29, 0.717) is 5.82 Å². The van der Waals surface area contributed by atoms with Crippen molar-refractivity contribution < 1.29 is 0 Å². The first-order valence-corrected chi connectivity index (χ1v) is 4.96. The molecule has 0 spiro atoms. The summed E-state index contributed by atoms with van der Waals surface area (Å²) in [6.07, 6.45) is 1.71. The van der Waals surface area contributed by atoms with Crippen LogP contribution >= 0.6 is 11.8 Å². The topological polar surface area (TPSA) is 16.1 Å². The zero-order valence-corrected chi connectivity index (χ0v) is 8.80. The van der Waals surface area contributed by atoms with Crippen LogP contribution in [0.25, 0.3) is 0 Å². The number of aromatic nitrogens is 1. The largest absolute Gasteiger partial charge is 0.259 e. The van der Waals surface area contributed by atoms with Crippen molar-refractivity contribution in [2.24, 2.45) is 0 Å². The Bertz CT molecular complexity index is 402. The summed E-state index contributed by atoms with van der Waals surface area (Å²) in [6.45, 7) is 1.82. The van der Waals surface area contributed by atoms with E-state index < -0.39 is 0 Å². The summed E-state index contributed by atoms with van der Waals surface area (Å²) >= 11 is 6.06. The summed E-state index contributed by atoms with van der Waals surface area (Å²) in [5.41, 5.74) is 1.04. The number of hydrogen-bond donors (Lipinski definition) is 0. The first-order valence-electron chi connectivity index (χ1n) is 4.62. The molecule has 0 aliphatic carbocycles. The van der Waals surface area contributed by atoms with Crippen LogP contribution in [0.5, 0.6) is 0 Å². The highest BCUT2D eigenvalue weighted by Crippen LogP contribution is 2.17. The van der Waals surface area contributed by atoms with Crippen molar-refractivity contribution in [2.45, 2.75) is 0 Å². The zero-order valence-electron chi connectivity index (χ0n) is 8.05. The molecule has 0 unspecified atom stereocenters. The minimum Gasteiger partial charge on any atom is -0.259 e. The van der Waals surface area contributed by atoms with Crippen LogP contribution in [0.1, 0.15) is 5.56 Å². The fourth-order valence-corrected chi connectivity index (χ4v) is 1.43. The molecule has 0 atom stereocenters. The summed E-state index contributed by atoms with van der Waals surface area (Å²) in [6, 6.07) is 15.5. The van der Waals surface area contributed by atoms with Gasteiger partial charge in [-0.1, -0.05) is 36.4 Å². The fraction of sp³-hybridized carbons (Fsp3) is 0. The van der Waals surface area contributed by atoms with Gasteiger partial charge in [0.2, 0.25) is 0 Å². The van der Waals surface area contributed by atoms with E-state index in [4.69, 9.17) is 11.8 Å². The first kappa shape index (κ1) is 9.99. The van der Waals surface area contributed by atoms with Crippen LogP contribution in [0.2, 0.25) is 0 Å². The average Bonchev–Trinajstić information content (AvgIpc) is 2.31. The highest BCUT2D eigenvalue weighted by Gasteiger charge is 2.04. The van der Waals surface area contributed by atoms with Crippen molar-refractivity contribution in [1.29, 1.82) is 0 Å². The van der Waals surface area contributed by atoms with Gasteiger partial charge in [0.25, 0.3) is 0 Å². The van der Waals surface area contributed by atoms with Crippen LogP contribution in [0.4, 0.5) is 5.82 Å². The monoisotopic (exact) mass is 217 g/mol. The Hall–Kier alpha value is -1.54. The lowest BCUT2D eigenvalue weighted by Crippen LogP contribution is -2.08. The van der Waals surface area contributed by atoms with Gasteiger partial charge in [0.05, 0.1) is 6.54 Å². The van der Waals surface area contributed by atoms with Gasteiger partial charge in [-0.2, -0.15) is 0 Å². The number of hydrogen-bond acceptors (Lipinski definition) is 2. The molecule has 1 aromatic carbocycles. The molecule has 1 heterocycles. The SMILES string of the molecule is ClN([CH]c1ccccc1)c1ccccn1. The van der Waals surface area contributed by atoms with Crippen molar-refractivity contribution in [3.63, 3.8) is 0 Å². The second kappa shape index (κ2) is 4.80. The summed E-state index contributed by atoms with van der Waals surface area (Å²) < 4.78 is 1.48. The summed E-state index contributed by atoms with van der Waals surface area (Å²) in [7, 11) is 0. The molecule has 3 heteroatoms. The number of halogens is 1. The van der Waals surface area contributed by atoms with Crippen LogP contribution in [-0.4, -0.2) is 4.98 Å². The van der Waals surface area contributed by atoms with Crippen LogP contribution in [0, 0.1) is 6.54 Å². The Morgan fingerprint density at radius 1 is 1.00 bits per heavy atom. The van der Waals surface area contributed by atoms with Gasteiger partial charge in [0.1, 0.15) is 5.82 Å². The quantitative estimate of drug-likeness (QED) is 0.734. The minimum atomic E-state index is 0.711. The molecule has 0 amide bonds. The molecule has 0 saturated carbocycles. The number of benzene rings is 1. The molecule has 2 aromatic rings. The molecule has 2 rings (SSSR count). The van der Waals surface area contributed by atoms with E-state index in [1.165, 1.54) is 4.42 Å². The third-order valence-corrected chi connectivity index (χ3v) is 2.20. The van der Waals surface area contributed by atoms with E-state index in [2.05, 4.69) is 4.98 Å². The molecule has 1 radical (unpaired) electrons. The lowest BCUT2D eigenvalue weighted by molar-refractivity contribution is 1.19. The normalized spacial score (nSPS) is 9.93. The van der Waals surface area contributed by atoms with E-state index in [0.717, 1.165) is 5.56 Å². The van der Waals surface area contributed by atoms with Crippen molar-refractivity contribution in [2.75, 3.05) is 4.42 Å². The summed E-state index contributed by atoms with van der Waals surface area (Å²) in [5, 5.41) is 0. The van der Waals surface area contributed by atoms with Gasteiger partial charge in [-0.25, -0.2) is 4.98 Å². The molecule has 0 aliphatic rings. The molecule has 0 saturated heterocycles. The minimum absolute atomic E-state index is 0.711. The molecule has 0 aliphatic heterocycles. The van der Waals surface area contributed by atoms with E-state index in [1.807, 2.05) is 55.1 Å². The van der Waals surface area contributed by atoms with E-state index in [9.17, 15) is 0 Å². The molecular weight excluding hydrogens is 208 g/mol. The molecule has 0 N–H and O–H groups in total. The second-order valence-electron chi connectivity index (χ2n) is 3.04. The van der Waals surface area contributed by atoms with Gasteiger partial charge in [-0.15, -0.1) is 0 Å². The van der Waals surface area contributed by atoms with E-state index in [1.54, 1.807) is 6.20 Å². The molecule has 0 bridgehead atoms. The first-order chi connectivity index (χ1) is 7.36. The Morgan fingerprint density at radius 2 is 1.73 bits per heavy atom. The number of anilines is 1. The van der Waals surface area contributed by atoms with Gasteiger partial charge < -0.3 is 0 Å². The molecule has 0 fully saturated rings. The number of pyridine rings is 1. The third-order valence-electron chi connectivity index (χ3n) is 1.93. The Kier molecular flexibility index (Phi) is 3.20. The molecule has 2 nitrogen and oxygen atoms in total. The summed E-state index contributed by atoms with van der Waals surface area (Å²) in [5.74, 6) is 0.711. The van der Waals surface area contributed by atoms with Crippen molar-refractivity contribution >= 4 is 17.6 Å². The predicted molar refractivity (Wildman–Crippen MR) is 62.4 cm³/mol. The van der Waals surface area contributed by atoms with Crippen LogP contribution in [0.3, 0.4) is 0 Å². The third kappa shape index (κ3) is 2.70. The predicted octanol–water partition coefficient (Wildman–Crippen LogP) is 3.25. The van der Waals surface area contributed by atoms with Crippen molar-refractivity contribution in [3.8, 4) is 0 Å². The van der Waals surface area contributed by atoms with Crippen LogP contribution in [-0.2, 0) is 0 Å². The highest BCUT2D eigenvalue weighted by molar-refractivity contribution is 6.26. The molecule has 15 heavy (non-hydrogen) atoms. The molecule has 1 aromatic heterocycles. The van der Waals surface area contributed by atoms with Gasteiger partial charge in [-0.3, -0.25) is 4.42 Å². The van der Waals surface area contributed by atoms with Gasteiger partial charge >= 0.3 is 0 Å². The average molecular weight is 218 g/mol. The van der Waals surface area contributed by atoms with E-state index in [-0.39, 0.29) is 0 Å². The Labute approximate surface area is 94.2 Å². The number of nitrogens with zero attached hydrogens (tertiary/aromatic N) is 2. The van der Waals surface area contributed by atoms with Gasteiger partial charge in [0.15, 0.2) is 0 Å². The van der Waals surface area contributed by atoms with Gasteiger partial charge in [0, 0.05) is 18.0 Å². The van der Waals surface area contributed by atoms with Crippen molar-refractivity contribution in [1.82, 2.24) is 4.98 Å². The maximum atomic E-state index is 6.06. The maximum absolute atomic E-state index is 6.06. The van der Waals surface area contributed by atoms with Crippen LogP contribution < -0.4 is 4.42 Å². The Morgan fingerprint density at radius 3 is 2.40 bits per heavy atom. The molecule has 75 valence electrons. The lowest BCUT2D eigenvalue weighted by atomic mass is 10.2. The zero-order chi connectivity index (χ0) is 10.5. The summed E-state index contributed by atoms with van der Waals surface area (Å²) in [4.78, 5) is 4.14. The fourth-order valence-electron chi connectivity index (χ4n) is 1.22. The maximum Gasteiger partial charge on any atom is 0.143 e. The smallest absolute Gasteiger partial charge is 0.143 e. The lowest BCUT2D eigenvalue weighted by Gasteiger charge is -2.13. The number of rotatable bonds is 3. The Balaban J connectivity index is 2.08. The highest BCUT2D eigenvalue weighted by atomic mass is 35.5. The second-order valence-corrected chi connectivity index (χ2v) is 3.40. The van der Waals surface area contributed by atoms with E-state index >= 15 is 0 Å².